The van der Waals surface area contributed by atoms with Gasteiger partial charge in [0.15, 0.2) is 5.82 Å². The molecule has 27 heavy (non-hydrogen) atoms. The molecule has 0 saturated carbocycles. The average molecular weight is 383 g/mol. The van der Waals surface area contributed by atoms with Crippen LogP contribution in [0.15, 0.2) is 59.6 Å². The fourth-order valence-corrected chi connectivity index (χ4v) is 4.68. The van der Waals surface area contributed by atoms with Crippen LogP contribution in [0.2, 0.25) is 0 Å². The molecule has 0 unspecified atom stereocenters. The minimum absolute atomic E-state index is 0.245. The monoisotopic (exact) mass is 383 g/mol. The molecule has 0 bridgehead atoms. The van der Waals surface area contributed by atoms with Gasteiger partial charge in [-0.05, 0) is 48.9 Å². The van der Waals surface area contributed by atoms with E-state index in [9.17, 15) is 12.8 Å². The summed E-state index contributed by atoms with van der Waals surface area (Å²) in [6.07, 6.45) is 2.18. The second-order valence-electron chi connectivity index (χ2n) is 6.58. The van der Waals surface area contributed by atoms with Crippen molar-refractivity contribution in [3.8, 4) is 11.4 Å². The van der Waals surface area contributed by atoms with Crippen LogP contribution in [0, 0.1) is 12.7 Å². The first-order valence-corrected chi connectivity index (χ1v) is 10.0. The topological polar surface area (TPSA) is 63.2 Å². The average Bonchev–Trinajstić information content (AvgIpc) is 2.68. The highest BCUT2D eigenvalue weighted by atomic mass is 32.2. The van der Waals surface area contributed by atoms with Gasteiger partial charge in [0.05, 0.1) is 10.6 Å². The SMILES string of the molecule is Cc1cccc(S(=O)(=O)N2CCc3nc(-c4ccc(F)cc4)ncc3C2)c1. The highest BCUT2D eigenvalue weighted by Gasteiger charge is 2.29. The Labute approximate surface area is 157 Å². The third kappa shape index (κ3) is 3.48. The van der Waals surface area contributed by atoms with Crippen LogP contribution in [0.1, 0.15) is 16.8 Å². The Morgan fingerprint density at radius 3 is 2.63 bits per heavy atom. The number of benzene rings is 2. The maximum atomic E-state index is 13.1. The first-order valence-electron chi connectivity index (χ1n) is 8.61. The minimum atomic E-state index is -3.56. The van der Waals surface area contributed by atoms with E-state index in [1.165, 1.54) is 16.4 Å². The van der Waals surface area contributed by atoms with Crippen molar-refractivity contribution in [2.24, 2.45) is 0 Å². The van der Waals surface area contributed by atoms with E-state index in [1.54, 1.807) is 36.5 Å². The van der Waals surface area contributed by atoms with Gasteiger partial charge >= 0.3 is 0 Å². The summed E-state index contributed by atoms with van der Waals surface area (Å²) in [4.78, 5) is 9.20. The van der Waals surface area contributed by atoms with Gasteiger partial charge in [-0.3, -0.25) is 0 Å². The van der Waals surface area contributed by atoms with E-state index >= 15 is 0 Å². The summed E-state index contributed by atoms with van der Waals surface area (Å²) in [7, 11) is -3.56. The lowest BCUT2D eigenvalue weighted by Crippen LogP contribution is -2.36. The summed E-state index contributed by atoms with van der Waals surface area (Å²) in [5, 5.41) is 0. The molecule has 0 atom stereocenters. The van der Waals surface area contributed by atoms with Crippen LogP contribution >= 0.6 is 0 Å². The molecule has 0 radical (unpaired) electrons. The van der Waals surface area contributed by atoms with Gasteiger partial charge < -0.3 is 0 Å². The Hall–Kier alpha value is -2.64. The molecule has 3 aromatic rings. The maximum Gasteiger partial charge on any atom is 0.243 e. The lowest BCUT2D eigenvalue weighted by molar-refractivity contribution is 0.387. The minimum Gasteiger partial charge on any atom is -0.236 e. The molecular weight excluding hydrogens is 365 g/mol. The number of halogens is 1. The van der Waals surface area contributed by atoms with E-state index < -0.39 is 10.0 Å². The standard InChI is InChI=1S/C20H18FN3O2S/c1-14-3-2-4-18(11-14)27(25,26)24-10-9-19-16(13-24)12-22-20(23-19)15-5-7-17(21)8-6-15/h2-8,11-12H,9-10,13H2,1H3. The molecule has 138 valence electrons. The predicted molar refractivity (Wildman–Crippen MR) is 99.9 cm³/mol. The Morgan fingerprint density at radius 2 is 1.89 bits per heavy atom. The normalized spacial score (nSPS) is 14.7. The van der Waals surface area contributed by atoms with Crippen LogP contribution in [-0.2, 0) is 23.0 Å². The number of hydrogen-bond acceptors (Lipinski definition) is 4. The second-order valence-corrected chi connectivity index (χ2v) is 8.52. The summed E-state index contributed by atoms with van der Waals surface area (Å²) in [6, 6.07) is 12.9. The van der Waals surface area contributed by atoms with E-state index in [1.807, 2.05) is 13.0 Å². The summed E-state index contributed by atoms with van der Waals surface area (Å²) in [5.41, 5.74) is 3.26. The number of hydrogen-bond donors (Lipinski definition) is 0. The van der Waals surface area contributed by atoms with Crippen molar-refractivity contribution in [1.29, 1.82) is 0 Å². The number of aryl methyl sites for hydroxylation is 1. The molecule has 1 aliphatic rings. The summed E-state index contributed by atoms with van der Waals surface area (Å²) < 4.78 is 40.4. The number of sulfonamides is 1. The molecule has 0 saturated heterocycles. The van der Waals surface area contributed by atoms with Crippen molar-refractivity contribution in [2.45, 2.75) is 24.8 Å². The highest BCUT2D eigenvalue weighted by Crippen LogP contribution is 2.26. The lowest BCUT2D eigenvalue weighted by Gasteiger charge is -2.27. The number of fused-ring (bicyclic) bond motifs is 1. The molecule has 1 aromatic heterocycles. The Morgan fingerprint density at radius 1 is 1.11 bits per heavy atom. The molecule has 0 fully saturated rings. The highest BCUT2D eigenvalue weighted by molar-refractivity contribution is 7.89. The molecule has 4 rings (SSSR count). The first kappa shape index (κ1) is 17.8. The number of nitrogens with zero attached hydrogens (tertiary/aromatic N) is 3. The van der Waals surface area contributed by atoms with Crippen LogP contribution in [0.5, 0.6) is 0 Å². The smallest absolute Gasteiger partial charge is 0.236 e. The van der Waals surface area contributed by atoms with Crippen LogP contribution in [0.3, 0.4) is 0 Å². The largest absolute Gasteiger partial charge is 0.243 e. The quantitative estimate of drug-likeness (QED) is 0.696. The van der Waals surface area contributed by atoms with Crippen molar-refractivity contribution in [2.75, 3.05) is 6.54 Å². The van der Waals surface area contributed by atoms with Gasteiger partial charge in [-0.15, -0.1) is 0 Å². The maximum absolute atomic E-state index is 13.1. The van der Waals surface area contributed by atoms with Gasteiger partial charge in [-0.2, -0.15) is 4.31 Å². The zero-order valence-corrected chi connectivity index (χ0v) is 15.6. The lowest BCUT2D eigenvalue weighted by atomic mass is 10.1. The molecule has 0 amide bonds. The molecule has 7 heteroatoms. The summed E-state index contributed by atoms with van der Waals surface area (Å²) in [5.74, 6) is 0.206. The van der Waals surface area contributed by atoms with Gasteiger partial charge in [0.25, 0.3) is 0 Å². The Kier molecular flexibility index (Phi) is 4.49. The molecule has 0 spiro atoms. The number of rotatable bonds is 3. The van der Waals surface area contributed by atoms with Crippen molar-refractivity contribution in [3.05, 3.63) is 77.4 Å². The molecule has 0 N–H and O–H groups in total. The van der Waals surface area contributed by atoms with Crippen molar-refractivity contribution in [3.63, 3.8) is 0 Å². The van der Waals surface area contributed by atoms with Crippen molar-refractivity contribution in [1.82, 2.24) is 14.3 Å². The Balaban J connectivity index is 1.61. The second kappa shape index (κ2) is 6.83. The molecule has 0 aliphatic carbocycles. The van der Waals surface area contributed by atoms with Gasteiger partial charge in [0.2, 0.25) is 10.0 Å². The zero-order chi connectivity index (χ0) is 19.0. The fraction of sp³-hybridized carbons (Fsp3) is 0.200. The van der Waals surface area contributed by atoms with E-state index in [4.69, 9.17) is 0 Å². The van der Waals surface area contributed by atoms with Gasteiger partial charge in [-0.1, -0.05) is 12.1 Å². The van der Waals surface area contributed by atoms with Gasteiger partial charge in [0, 0.05) is 36.8 Å². The van der Waals surface area contributed by atoms with Crippen molar-refractivity contribution >= 4 is 10.0 Å². The molecule has 5 nitrogen and oxygen atoms in total. The fourth-order valence-electron chi connectivity index (χ4n) is 3.16. The Bertz CT molecular complexity index is 1100. The van der Waals surface area contributed by atoms with Crippen LogP contribution in [-0.4, -0.2) is 29.2 Å². The van der Waals surface area contributed by atoms with E-state index in [2.05, 4.69) is 9.97 Å². The predicted octanol–water partition coefficient (Wildman–Crippen LogP) is 3.34. The van der Waals surface area contributed by atoms with Gasteiger partial charge in [0.1, 0.15) is 5.82 Å². The van der Waals surface area contributed by atoms with E-state index in [0.717, 1.165) is 22.4 Å². The van der Waals surface area contributed by atoms with Gasteiger partial charge in [-0.25, -0.2) is 22.8 Å². The van der Waals surface area contributed by atoms with Crippen LogP contribution in [0.4, 0.5) is 4.39 Å². The van der Waals surface area contributed by atoms with Crippen molar-refractivity contribution < 1.29 is 12.8 Å². The molecule has 2 heterocycles. The third-order valence-electron chi connectivity index (χ3n) is 4.63. The number of aromatic nitrogens is 2. The molecular formula is C20H18FN3O2S. The summed E-state index contributed by atoms with van der Waals surface area (Å²) >= 11 is 0. The van der Waals surface area contributed by atoms with Crippen LogP contribution < -0.4 is 0 Å². The third-order valence-corrected chi connectivity index (χ3v) is 6.47. The zero-order valence-electron chi connectivity index (χ0n) is 14.8. The van der Waals surface area contributed by atoms with E-state index in [0.29, 0.717) is 23.7 Å². The summed E-state index contributed by atoms with van der Waals surface area (Å²) in [6.45, 7) is 2.48. The van der Waals surface area contributed by atoms with E-state index in [-0.39, 0.29) is 12.4 Å². The van der Waals surface area contributed by atoms with Crippen LogP contribution in [0.25, 0.3) is 11.4 Å². The molecule has 1 aliphatic heterocycles. The first-order chi connectivity index (χ1) is 12.9. The molecule has 2 aromatic carbocycles.